The van der Waals surface area contributed by atoms with Gasteiger partial charge in [-0.25, -0.2) is 4.57 Å². The van der Waals surface area contributed by atoms with Gasteiger partial charge in [-0.15, -0.1) is 6.58 Å². The van der Waals surface area contributed by atoms with Crippen LogP contribution in [0, 0.1) is 0 Å². The van der Waals surface area contributed by atoms with Crippen molar-refractivity contribution in [3.8, 4) is 0 Å². The molecule has 0 amide bonds. The molecule has 0 aromatic heterocycles. The lowest BCUT2D eigenvalue weighted by molar-refractivity contribution is -0.161. The van der Waals surface area contributed by atoms with Crippen LogP contribution in [0.15, 0.2) is 24.8 Å². The van der Waals surface area contributed by atoms with Crippen LogP contribution in [-0.4, -0.2) is 65.7 Å². The number of esters is 2. The first-order valence-corrected chi connectivity index (χ1v) is 21.2. The molecule has 0 rings (SSSR count). The van der Waals surface area contributed by atoms with Crippen molar-refractivity contribution in [2.45, 2.75) is 186 Å². The highest BCUT2D eigenvalue weighted by atomic mass is 31.2. The van der Waals surface area contributed by atoms with Gasteiger partial charge in [-0.2, -0.15) is 0 Å². The van der Waals surface area contributed by atoms with E-state index < -0.39 is 51.8 Å². The minimum absolute atomic E-state index is 0.182. The van der Waals surface area contributed by atoms with Crippen molar-refractivity contribution in [2.24, 2.45) is 0 Å². The van der Waals surface area contributed by atoms with Gasteiger partial charge >= 0.3 is 19.8 Å². The summed E-state index contributed by atoms with van der Waals surface area (Å²) in [5.41, 5.74) is 0. The first-order valence-electron chi connectivity index (χ1n) is 19.8. The Kier molecular flexibility index (Phi) is 34.7. The predicted molar refractivity (Wildman–Crippen MR) is 201 cm³/mol. The van der Waals surface area contributed by atoms with Crippen molar-refractivity contribution in [3.63, 3.8) is 0 Å². The molecule has 11 heteroatoms. The van der Waals surface area contributed by atoms with Gasteiger partial charge in [0.1, 0.15) is 12.7 Å². The van der Waals surface area contributed by atoms with E-state index in [4.69, 9.17) is 19.1 Å². The monoisotopic (exact) mass is 732 g/mol. The van der Waals surface area contributed by atoms with E-state index in [1.165, 1.54) is 77.0 Å². The topological polar surface area (TPSA) is 149 Å². The molecule has 0 aliphatic rings. The van der Waals surface area contributed by atoms with Crippen LogP contribution in [0.1, 0.15) is 174 Å². The van der Waals surface area contributed by atoms with E-state index in [1.54, 1.807) is 0 Å². The van der Waals surface area contributed by atoms with Crippen molar-refractivity contribution >= 4 is 19.8 Å². The Morgan fingerprint density at radius 1 is 0.640 bits per heavy atom. The van der Waals surface area contributed by atoms with Crippen molar-refractivity contribution in [1.82, 2.24) is 0 Å². The van der Waals surface area contributed by atoms with E-state index in [-0.39, 0.29) is 19.4 Å². The maximum atomic E-state index is 12.6. The Bertz CT molecular complexity index is 881. The highest BCUT2D eigenvalue weighted by Gasteiger charge is 2.27. The minimum Gasteiger partial charge on any atom is -0.462 e. The molecule has 0 spiro atoms. The zero-order chi connectivity index (χ0) is 37.0. The number of aliphatic hydroxyl groups is 2. The van der Waals surface area contributed by atoms with Crippen LogP contribution in [-0.2, 0) is 32.7 Å². The molecule has 0 saturated carbocycles. The number of hydrogen-bond acceptors (Lipinski definition) is 9. The van der Waals surface area contributed by atoms with E-state index in [1.807, 2.05) is 6.08 Å². The fourth-order valence-corrected chi connectivity index (χ4v) is 6.17. The van der Waals surface area contributed by atoms with Crippen LogP contribution in [0.3, 0.4) is 0 Å². The number of carbonyl (C=O) groups is 2. The van der Waals surface area contributed by atoms with Gasteiger partial charge in [0, 0.05) is 12.8 Å². The van der Waals surface area contributed by atoms with Crippen LogP contribution in [0.2, 0.25) is 0 Å². The van der Waals surface area contributed by atoms with Crippen LogP contribution in [0.5, 0.6) is 0 Å². The van der Waals surface area contributed by atoms with Crippen LogP contribution < -0.4 is 0 Å². The summed E-state index contributed by atoms with van der Waals surface area (Å²) in [5, 5.41) is 18.3. The largest absolute Gasteiger partial charge is 0.472 e. The summed E-state index contributed by atoms with van der Waals surface area (Å²) in [4.78, 5) is 34.8. The molecule has 0 saturated heterocycles. The number of phosphoric acid groups is 1. The lowest BCUT2D eigenvalue weighted by Gasteiger charge is -2.20. The van der Waals surface area contributed by atoms with Crippen molar-refractivity contribution in [1.29, 1.82) is 0 Å². The molecule has 0 aliphatic heterocycles. The molecule has 0 aromatic rings. The first kappa shape index (κ1) is 48.5. The number of unbranched alkanes of at least 4 members (excludes halogenated alkanes) is 21. The van der Waals surface area contributed by atoms with E-state index in [9.17, 15) is 24.2 Å². The SMILES string of the molecule is C=CCCCCCCCCCCCCCCCC(=O)O[C@H](COC(=O)CCCCCCC/C=C/CCCCC)COP(=O)(O)OC[C@@H](O)CO. The normalized spacial score (nSPS) is 14.0. The van der Waals surface area contributed by atoms with Gasteiger partial charge in [-0.1, -0.05) is 128 Å². The zero-order valence-corrected chi connectivity index (χ0v) is 32.3. The summed E-state index contributed by atoms with van der Waals surface area (Å²) in [6.45, 7) is 3.86. The zero-order valence-electron chi connectivity index (χ0n) is 31.5. The third-order valence-electron chi connectivity index (χ3n) is 8.47. The van der Waals surface area contributed by atoms with Crippen LogP contribution in [0.25, 0.3) is 0 Å². The Balaban J connectivity index is 4.33. The number of hydrogen-bond donors (Lipinski definition) is 3. The molecular weight excluding hydrogens is 659 g/mol. The molecule has 3 atom stereocenters. The summed E-state index contributed by atoms with van der Waals surface area (Å²) >= 11 is 0. The summed E-state index contributed by atoms with van der Waals surface area (Å²) in [5.74, 6) is -0.936. The molecule has 10 nitrogen and oxygen atoms in total. The minimum atomic E-state index is -4.61. The molecule has 0 heterocycles. The van der Waals surface area contributed by atoms with Crippen molar-refractivity contribution in [3.05, 3.63) is 24.8 Å². The van der Waals surface area contributed by atoms with Crippen LogP contribution >= 0.6 is 7.82 Å². The van der Waals surface area contributed by atoms with E-state index in [2.05, 4.69) is 30.2 Å². The molecule has 0 aromatic carbocycles. The second-order valence-corrected chi connectivity index (χ2v) is 14.8. The maximum Gasteiger partial charge on any atom is 0.472 e. The average Bonchev–Trinajstić information content (AvgIpc) is 3.10. The molecule has 0 aliphatic carbocycles. The smallest absolute Gasteiger partial charge is 0.462 e. The number of ether oxygens (including phenoxy) is 2. The fourth-order valence-electron chi connectivity index (χ4n) is 5.38. The van der Waals surface area contributed by atoms with Gasteiger partial charge in [0.2, 0.25) is 0 Å². The third-order valence-corrected chi connectivity index (χ3v) is 9.43. The Morgan fingerprint density at radius 2 is 1.08 bits per heavy atom. The molecule has 294 valence electrons. The van der Waals surface area contributed by atoms with E-state index in [0.29, 0.717) is 12.8 Å². The molecule has 0 radical (unpaired) electrons. The fraction of sp³-hybridized carbons (Fsp3) is 0.846. The summed E-state index contributed by atoms with van der Waals surface area (Å²) in [6.07, 6.45) is 31.8. The molecular formula is C39H73O10P. The number of allylic oxidation sites excluding steroid dienone is 3. The van der Waals surface area contributed by atoms with Gasteiger partial charge in [0.15, 0.2) is 6.10 Å². The van der Waals surface area contributed by atoms with Gasteiger partial charge in [0.25, 0.3) is 0 Å². The Labute approximate surface area is 304 Å². The number of aliphatic hydroxyl groups excluding tert-OH is 2. The highest BCUT2D eigenvalue weighted by molar-refractivity contribution is 7.47. The number of rotatable bonds is 38. The number of carbonyl (C=O) groups excluding carboxylic acids is 2. The molecule has 0 bridgehead atoms. The standard InChI is InChI=1S/C39H73O10P/c1-3-5-7-9-11-13-15-17-18-19-21-23-25-27-29-31-39(43)49-37(35-48-50(44,45)47-33-36(41)32-40)34-46-38(42)30-28-26-24-22-20-16-14-12-10-8-6-4-2/h3,12,14,36-37,40-41H,1,4-11,13,15-35H2,2H3,(H,44,45)/b14-12+/t36-,37+/m0/s1. The lowest BCUT2D eigenvalue weighted by Crippen LogP contribution is -2.29. The van der Waals surface area contributed by atoms with Gasteiger partial charge < -0.3 is 24.6 Å². The van der Waals surface area contributed by atoms with Crippen LogP contribution in [0.4, 0.5) is 0 Å². The highest BCUT2D eigenvalue weighted by Crippen LogP contribution is 2.43. The summed E-state index contributed by atoms with van der Waals surface area (Å²) in [7, 11) is -4.61. The maximum absolute atomic E-state index is 12.6. The predicted octanol–water partition coefficient (Wildman–Crippen LogP) is 9.83. The molecule has 3 N–H and O–H groups in total. The second kappa shape index (κ2) is 35.8. The molecule has 0 fully saturated rings. The van der Waals surface area contributed by atoms with Gasteiger partial charge in [-0.05, 0) is 51.4 Å². The Hall–Kier alpha value is -1.55. The van der Waals surface area contributed by atoms with Crippen molar-refractivity contribution < 1.29 is 47.8 Å². The van der Waals surface area contributed by atoms with Gasteiger partial charge in [0.05, 0.1) is 19.8 Å². The first-order chi connectivity index (χ1) is 24.2. The summed E-state index contributed by atoms with van der Waals surface area (Å²) < 4.78 is 32.6. The molecule has 1 unspecified atom stereocenters. The summed E-state index contributed by atoms with van der Waals surface area (Å²) in [6, 6.07) is 0. The number of phosphoric ester groups is 1. The lowest BCUT2D eigenvalue weighted by atomic mass is 10.0. The Morgan fingerprint density at radius 3 is 1.58 bits per heavy atom. The second-order valence-electron chi connectivity index (χ2n) is 13.4. The van der Waals surface area contributed by atoms with Crippen molar-refractivity contribution in [2.75, 3.05) is 26.4 Å². The average molecular weight is 733 g/mol. The van der Waals surface area contributed by atoms with Gasteiger partial charge in [-0.3, -0.25) is 18.6 Å². The molecule has 50 heavy (non-hydrogen) atoms. The quantitative estimate of drug-likeness (QED) is 0.0242. The van der Waals surface area contributed by atoms with E-state index >= 15 is 0 Å². The third kappa shape index (κ3) is 34.9. The van der Waals surface area contributed by atoms with E-state index in [0.717, 1.165) is 64.2 Å².